The Kier molecular flexibility index (Phi) is 7.70. The molecule has 9 rings (SSSR count). The maximum Gasteiger partial charge on any atom is 0.136 e. The van der Waals surface area contributed by atoms with Crippen molar-refractivity contribution in [3.8, 4) is 33.4 Å². The van der Waals surface area contributed by atoms with Crippen LogP contribution in [0.5, 0.6) is 0 Å². The largest absolute Gasteiger partial charge is 0.456 e. The predicted molar refractivity (Wildman–Crippen MR) is 217 cm³/mol. The van der Waals surface area contributed by atoms with E-state index in [0.717, 1.165) is 61.9 Å². The minimum absolute atomic E-state index is 0.0423. The van der Waals surface area contributed by atoms with Gasteiger partial charge < -0.3 is 10.2 Å². The fourth-order valence-electron chi connectivity index (χ4n) is 7.82. The average molecular weight is 671 g/mol. The van der Waals surface area contributed by atoms with Crippen LogP contribution in [0.4, 0.5) is 0 Å². The van der Waals surface area contributed by atoms with E-state index in [2.05, 4.69) is 135 Å². The van der Waals surface area contributed by atoms with E-state index < -0.39 is 0 Å². The molecule has 52 heavy (non-hydrogen) atoms. The number of hydrogen-bond acceptors (Lipinski definition) is 2. The van der Waals surface area contributed by atoms with Crippen LogP contribution >= 0.6 is 0 Å². The van der Waals surface area contributed by atoms with E-state index in [-0.39, 0.29) is 5.41 Å². The molecule has 1 aromatic heterocycles. The van der Waals surface area contributed by atoms with Gasteiger partial charge in [0, 0.05) is 21.8 Å². The highest BCUT2D eigenvalue weighted by Gasteiger charge is 2.35. The Balaban J connectivity index is 1.02. The van der Waals surface area contributed by atoms with E-state index >= 15 is 0 Å². The number of benzene rings is 7. The summed E-state index contributed by atoms with van der Waals surface area (Å²) < 4.78 is 6.15. The summed E-state index contributed by atoms with van der Waals surface area (Å²) in [6.07, 6.45) is 2.94. The third-order valence-corrected chi connectivity index (χ3v) is 10.6. The summed E-state index contributed by atoms with van der Waals surface area (Å²) in [5.74, 6) is 0.498. The fourth-order valence-corrected chi connectivity index (χ4v) is 7.82. The molecule has 0 saturated heterocycles. The molecule has 2 N–H and O–H groups in total. The molecule has 3 heteroatoms. The number of hydrogen-bond donors (Lipinski definition) is 1. The van der Waals surface area contributed by atoms with Gasteiger partial charge in [0.25, 0.3) is 0 Å². The number of allylic oxidation sites excluding steroid dienone is 1. The zero-order valence-corrected chi connectivity index (χ0v) is 29.3. The van der Waals surface area contributed by atoms with Crippen LogP contribution in [0, 0.1) is 0 Å². The molecule has 0 atom stereocenters. The molecular formula is C49H38N2O. The number of para-hydroxylation sites is 1. The van der Waals surface area contributed by atoms with E-state index in [4.69, 9.17) is 15.1 Å². The topological polar surface area (TPSA) is 51.5 Å². The lowest BCUT2D eigenvalue weighted by atomic mass is 9.82. The molecule has 0 fully saturated rings. The van der Waals surface area contributed by atoms with Crippen molar-refractivity contribution in [2.45, 2.75) is 25.7 Å². The van der Waals surface area contributed by atoms with Gasteiger partial charge in [-0.3, -0.25) is 0 Å². The van der Waals surface area contributed by atoms with Gasteiger partial charge in [0.2, 0.25) is 0 Å². The molecule has 0 saturated carbocycles. The van der Waals surface area contributed by atoms with Crippen LogP contribution in [0.2, 0.25) is 0 Å². The van der Waals surface area contributed by atoms with Gasteiger partial charge in [-0.15, -0.1) is 0 Å². The molecule has 0 bridgehead atoms. The van der Waals surface area contributed by atoms with Crippen LogP contribution in [0.25, 0.3) is 61.0 Å². The molecule has 7 aromatic carbocycles. The highest BCUT2D eigenvalue weighted by atomic mass is 16.3. The molecule has 1 aliphatic carbocycles. The van der Waals surface area contributed by atoms with Crippen molar-refractivity contribution >= 4 is 33.5 Å². The van der Waals surface area contributed by atoms with Gasteiger partial charge in [0.05, 0.1) is 5.70 Å². The SMILES string of the molecule is CC1(C)c2ccccc2-c2ccc(C/C=C(\N=C(N)c3ccccc3)c3ccc(-c4ccc(-c5cccc6oc7ccccc7c56)cc4)cc3)cc21. The van der Waals surface area contributed by atoms with E-state index in [9.17, 15) is 0 Å². The molecule has 3 nitrogen and oxygen atoms in total. The van der Waals surface area contributed by atoms with Crippen molar-refractivity contribution in [1.29, 1.82) is 0 Å². The Hall–Kier alpha value is -6.45. The Bertz CT molecular complexity index is 2660. The Labute approximate surface area is 304 Å². The first-order valence-electron chi connectivity index (χ1n) is 17.9. The number of aliphatic imine (C=N–C) groups is 1. The standard InChI is InChI=1S/C49H38N2O/c1-49(2)42-16-8-6-13-39(42)40-29-19-32(31-43(40)49)20-30-44(51-48(50)37-11-4-3-5-12-37)36-27-23-34(24-28-36)33-21-25-35(26-22-33)38-15-10-18-46-47(38)41-14-7-9-17-45(41)52-46/h3-19,21-31H,20H2,1-2H3,(H2,50,51)/b44-30-. The number of nitrogens with two attached hydrogens (primary N) is 1. The van der Waals surface area contributed by atoms with E-state index in [1.807, 2.05) is 48.5 Å². The molecule has 0 radical (unpaired) electrons. The molecule has 8 aromatic rings. The van der Waals surface area contributed by atoms with Gasteiger partial charge in [0.15, 0.2) is 0 Å². The number of furan rings is 1. The first-order valence-corrected chi connectivity index (χ1v) is 17.9. The van der Waals surface area contributed by atoms with Crippen LogP contribution in [-0.2, 0) is 11.8 Å². The fraction of sp³-hybridized carbons (Fsp3) is 0.0816. The second kappa shape index (κ2) is 12.7. The van der Waals surface area contributed by atoms with Gasteiger partial charge in [-0.05, 0) is 74.2 Å². The number of nitrogens with zero attached hydrogens (tertiary/aromatic N) is 1. The summed E-state index contributed by atoms with van der Waals surface area (Å²) in [6.45, 7) is 4.65. The highest BCUT2D eigenvalue weighted by Crippen LogP contribution is 2.48. The van der Waals surface area contributed by atoms with E-state index in [0.29, 0.717) is 5.84 Å². The molecule has 0 unspecified atom stereocenters. The van der Waals surface area contributed by atoms with Gasteiger partial charge in [-0.2, -0.15) is 0 Å². The van der Waals surface area contributed by atoms with Crippen LogP contribution < -0.4 is 5.73 Å². The lowest BCUT2D eigenvalue weighted by Gasteiger charge is -2.21. The maximum absolute atomic E-state index is 6.60. The monoisotopic (exact) mass is 670 g/mol. The molecule has 1 heterocycles. The summed E-state index contributed by atoms with van der Waals surface area (Å²) >= 11 is 0. The second-order valence-corrected chi connectivity index (χ2v) is 14.1. The quantitative estimate of drug-likeness (QED) is 0.136. The Morgan fingerprint density at radius 1 is 0.577 bits per heavy atom. The van der Waals surface area contributed by atoms with Crippen molar-refractivity contribution in [2.75, 3.05) is 0 Å². The van der Waals surface area contributed by atoms with Gasteiger partial charge in [0.1, 0.15) is 17.0 Å². The zero-order valence-electron chi connectivity index (χ0n) is 29.3. The van der Waals surface area contributed by atoms with Crippen molar-refractivity contribution in [1.82, 2.24) is 0 Å². The maximum atomic E-state index is 6.60. The normalized spacial score (nSPS) is 13.7. The van der Waals surface area contributed by atoms with Gasteiger partial charge >= 0.3 is 0 Å². The first-order chi connectivity index (χ1) is 25.4. The van der Waals surface area contributed by atoms with E-state index in [1.54, 1.807) is 0 Å². The average Bonchev–Trinajstić information content (AvgIpc) is 3.69. The summed E-state index contributed by atoms with van der Waals surface area (Å²) in [5, 5.41) is 2.29. The van der Waals surface area contributed by atoms with Crippen LogP contribution in [-0.4, -0.2) is 5.84 Å². The number of fused-ring (bicyclic) bond motifs is 6. The molecule has 1 aliphatic rings. The molecule has 0 spiro atoms. The summed E-state index contributed by atoms with van der Waals surface area (Å²) in [4.78, 5) is 5.00. The van der Waals surface area contributed by atoms with E-state index in [1.165, 1.54) is 33.4 Å². The van der Waals surface area contributed by atoms with Gasteiger partial charge in [-0.1, -0.05) is 172 Å². The van der Waals surface area contributed by atoms with Crippen molar-refractivity contribution in [2.24, 2.45) is 10.7 Å². The third kappa shape index (κ3) is 5.52. The molecule has 0 aliphatic heterocycles. The number of amidine groups is 1. The summed E-state index contributed by atoms with van der Waals surface area (Å²) in [7, 11) is 0. The van der Waals surface area contributed by atoms with Crippen molar-refractivity contribution in [3.63, 3.8) is 0 Å². The summed E-state index contributed by atoms with van der Waals surface area (Å²) in [6, 6.07) is 57.6. The Morgan fingerprint density at radius 3 is 2.02 bits per heavy atom. The highest BCUT2D eigenvalue weighted by molar-refractivity contribution is 6.12. The van der Waals surface area contributed by atoms with Crippen molar-refractivity contribution in [3.05, 3.63) is 198 Å². The van der Waals surface area contributed by atoms with Crippen LogP contribution in [0.3, 0.4) is 0 Å². The lowest BCUT2D eigenvalue weighted by molar-refractivity contribution is 0.659. The number of rotatable bonds is 7. The molecule has 250 valence electrons. The Morgan fingerprint density at radius 2 is 1.21 bits per heavy atom. The second-order valence-electron chi connectivity index (χ2n) is 14.1. The third-order valence-electron chi connectivity index (χ3n) is 10.6. The minimum Gasteiger partial charge on any atom is -0.456 e. The smallest absolute Gasteiger partial charge is 0.136 e. The van der Waals surface area contributed by atoms with Crippen molar-refractivity contribution < 1.29 is 4.42 Å². The molecular weight excluding hydrogens is 633 g/mol. The minimum atomic E-state index is -0.0423. The van der Waals surface area contributed by atoms with Crippen LogP contribution in [0.15, 0.2) is 179 Å². The molecule has 0 amide bonds. The predicted octanol–water partition coefficient (Wildman–Crippen LogP) is 12.2. The van der Waals surface area contributed by atoms with Crippen LogP contribution in [0.1, 0.15) is 41.7 Å². The van der Waals surface area contributed by atoms with Gasteiger partial charge in [-0.25, -0.2) is 4.99 Å². The summed E-state index contributed by atoms with van der Waals surface area (Å²) in [5.41, 5.74) is 22.5. The zero-order chi connectivity index (χ0) is 35.2. The first kappa shape index (κ1) is 31.5. The lowest BCUT2D eigenvalue weighted by Crippen LogP contribution is -2.15.